The Morgan fingerprint density at radius 3 is 2.57 bits per heavy atom. The first-order valence-electron chi connectivity index (χ1n) is 6.95. The number of carbonyl (C=O) groups is 2. The van der Waals surface area contributed by atoms with Crippen LogP contribution in [0, 0.1) is 0 Å². The number of anilines is 1. The van der Waals surface area contributed by atoms with E-state index in [9.17, 15) is 9.59 Å². The van der Waals surface area contributed by atoms with Gasteiger partial charge in [0.25, 0.3) is 11.8 Å². The molecule has 1 aliphatic heterocycles. The van der Waals surface area contributed by atoms with Crippen LogP contribution in [0.15, 0.2) is 36.7 Å². The van der Waals surface area contributed by atoms with Gasteiger partial charge in [-0.1, -0.05) is 18.2 Å². The van der Waals surface area contributed by atoms with Crippen LogP contribution in [0.5, 0.6) is 0 Å². The Kier molecular flexibility index (Phi) is 3.68. The fraction of sp³-hybridized carbons (Fsp3) is 0.267. The van der Waals surface area contributed by atoms with Crippen LogP contribution < -0.4 is 5.32 Å². The number of rotatable bonds is 3. The average Bonchev–Trinajstić information content (AvgIpc) is 3.19. The van der Waals surface area contributed by atoms with E-state index in [0.717, 1.165) is 25.9 Å². The van der Waals surface area contributed by atoms with Gasteiger partial charge < -0.3 is 15.2 Å². The Labute approximate surface area is 122 Å². The summed E-state index contributed by atoms with van der Waals surface area (Å²) in [4.78, 5) is 33.1. The number of carbonyl (C=O) groups excluding carboxylic acids is 2. The second-order valence-electron chi connectivity index (χ2n) is 4.95. The van der Waals surface area contributed by atoms with Crippen molar-refractivity contribution in [3.05, 3.63) is 48.0 Å². The second-order valence-corrected chi connectivity index (χ2v) is 4.95. The lowest BCUT2D eigenvalue weighted by Gasteiger charge is -2.14. The summed E-state index contributed by atoms with van der Waals surface area (Å²) < 4.78 is 0. The number of benzene rings is 1. The minimum Gasteiger partial charge on any atom is -0.340 e. The van der Waals surface area contributed by atoms with Crippen molar-refractivity contribution in [2.75, 3.05) is 18.4 Å². The first-order chi connectivity index (χ1) is 10.3. The van der Waals surface area contributed by atoms with Gasteiger partial charge in [-0.3, -0.25) is 9.59 Å². The third-order valence-corrected chi connectivity index (χ3v) is 3.49. The van der Waals surface area contributed by atoms with E-state index in [0.29, 0.717) is 5.69 Å². The SMILES string of the molecule is O=C(Nc1ccccc1)c1nc[nH]c1C(=O)N1CCCC1. The molecule has 1 aromatic carbocycles. The molecule has 0 spiro atoms. The molecule has 0 radical (unpaired) electrons. The minimum absolute atomic E-state index is 0.135. The molecule has 2 N–H and O–H groups in total. The quantitative estimate of drug-likeness (QED) is 0.903. The first kappa shape index (κ1) is 13.4. The Hall–Kier alpha value is -2.63. The zero-order chi connectivity index (χ0) is 14.7. The summed E-state index contributed by atoms with van der Waals surface area (Å²) in [6.45, 7) is 1.47. The van der Waals surface area contributed by atoms with Crippen LogP contribution >= 0.6 is 0 Å². The highest BCUT2D eigenvalue weighted by molar-refractivity contribution is 6.10. The third kappa shape index (κ3) is 2.79. The largest absolute Gasteiger partial charge is 0.340 e. The van der Waals surface area contributed by atoms with Gasteiger partial charge in [-0.05, 0) is 25.0 Å². The molecule has 1 aliphatic rings. The van der Waals surface area contributed by atoms with Crippen molar-refractivity contribution in [1.82, 2.24) is 14.9 Å². The van der Waals surface area contributed by atoms with E-state index >= 15 is 0 Å². The van der Waals surface area contributed by atoms with Gasteiger partial charge in [-0.2, -0.15) is 0 Å². The molecule has 1 aromatic heterocycles. The van der Waals surface area contributed by atoms with Crippen molar-refractivity contribution in [2.45, 2.75) is 12.8 Å². The molecule has 108 valence electrons. The summed E-state index contributed by atoms with van der Waals surface area (Å²) >= 11 is 0. The highest BCUT2D eigenvalue weighted by Crippen LogP contribution is 2.15. The van der Waals surface area contributed by atoms with Crippen LogP contribution in [0.1, 0.15) is 33.8 Å². The van der Waals surface area contributed by atoms with Crippen molar-refractivity contribution in [3.63, 3.8) is 0 Å². The first-order valence-corrected chi connectivity index (χ1v) is 6.95. The number of hydrogen-bond donors (Lipinski definition) is 2. The monoisotopic (exact) mass is 284 g/mol. The van der Waals surface area contributed by atoms with E-state index in [2.05, 4.69) is 15.3 Å². The zero-order valence-corrected chi connectivity index (χ0v) is 11.5. The topological polar surface area (TPSA) is 78.1 Å². The van der Waals surface area contributed by atoms with E-state index in [1.165, 1.54) is 6.33 Å². The standard InChI is InChI=1S/C15H16N4O2/c20-14(18-11-6-2-1-3-7-11)12-13(17-10-16-12)15(21)19-8-4-5-9-19/h1-3,6-7,10H,4-5,8-9H2,(H,16,17)(H,18,20). The van der Waals surface area contributed by atoms with Gasteiger partial charge >= 0.3 is 0 Å². The predicted molar refractivity (Wildman–Crippen MR) is 78.1 cm³/mol. The van der Waals surface area contributed by atoms with Gasteiger partial charge in [-0.15, -0.1) is 0 Å². The van der Waals surface area contributed by atoms with Gasteiger partial charge in [0.15, 0.2) is 5.69 Å². The van der Waals surface area contributed by atoms with E-state index in [-0.39, 0.29) is 23.2 Å². The maximum atomic E-state index is 12.4. The Bertz CT molecular complexity index is 645. The fourth-order valence-electron chi connectivity index (χ4n) is 2.42. The Morgan fingerprint density at radius 1 is 1.14 bits per heavy atom. The van der Waals surface area contributed by atoms with Crippen LogP contribution in [0.2, 0.25) is 0 Å². The summed E-state index contributed by atoms with van der Waals surface area (Å²) in [5.74, 6) is -0.548. The average molecular weight is 284 g/mol. The van der Waals surface area contributed by atoms with Gasteiger partial charge in [0, 0.05) is 18.8 Å². The number of hydrogen-bond acceptors (Lipinski definition) is 3. The van der Waals surface area contributed by atoms with Gasteiger partial charge in [0.2, 0.25) is 0 Å². The number of amides is 2. The maximum Gasteiger partial charge on any atom is 0.276 e. The highest BCUT2D eigenvalue weighted by atomic mass is 16.2. The molecule has 0 unspecified atom stereocenters. The van der Waals surface area contributed by atoms with Gasteiger partial charge in [-0.25, -0.2) is 4.98 Å². The second kappa shape index (κ2) is 5.78. The molecule has 0 saturated carbocycles. The molecule has 6 nitrogen and oxygen atoms in total. The van der Waals surface area contributed by atoms with Crippen molar-refractivity contribution in [3.8, 4) is 0 Å². The lowest BCUT2D eigenvalue weighted by molar-refractivity contribution is 0.0782. The zero-order valence-electron chi connectivity index (χ0n) is 11.5. The highest BCUT2D eigenvalue weighted by Gasteiger charge is 2.26. The van der Waals surface area contributed by atoms with E-state index in [1.54, 1.807) is 17.0 Å². The molecule has 1 fully saturated rings. The fourth-order valence-corrected chi connectivity index (χ4v) is 2.42. The minimum atomic E-state index is -0.384. The number of imidazole rings is 1. The molecule has 0 bridgehead atoms. The number of aromatic amines is 1. The lowest BCUT2D eigenvalue weighted by atomic mass is 10.2. The predicted octanol–water partition coefficient (Wildman–Crippen LogP) is 1.90. The van der Waals surface area contributed by atoms with Gasteiger partial charge in [0.1, 0.15) is 5.69 Å². The number of nitrogens with zero attached hydrogens (tertiary/aromatic N) is 2. The maximum absolute atomic E-state index is 12.4. The van der Waals surface area contributed by atoms with E-state index in [1.807, 2.05) is 18.2 Å². The molecule has 0 atom stereocenters. The van der Waals surface area contributed by atoms with Crippen LogP contribution in [0.3, 0.4) is 0 Å². The molecule has 2 heterocycles. The molecular weight excluding hydrogens is 268 g/mol. The molecule has 2 amide bonds. The lowest BCUT2D eigenvalue weighted by Crippen LogP contribution is -2.30. The summed E-state index contributed by atoms with van der Waals surface area (Å²) in [6, 6.07) is 9.10. The number of aromatic nitrogens is 2. The Morgan fingerprint density at radius 2 is 1.86 bits per heavy atom. The van der Waals surface area contributed by atoms with E-state index in [4.69, 9.17) is 0 Å². The van der Waals surface area contributed by atoms with Crippen LogP contribution in [0.4, 0.5) is 5.69 Å². The summed E-state index contributed by atoms with van der Waals surface area (Å²) in [5, 5.41) is 2.74. The molecule has 0 aliphatic carbocycles. The van der Waals surface area contributed by atoms with Crippen molar-refractivity contribution < 1.29 is 9.59 Å². The third-order valence-electron chi connectivity index (χ3n) is 3.49. The van der Waals surface area contributed by atoms with Crippen LogP contribution in [-0.4, -0.2) is 39.8 Å². The molecule has 21 heavy (non-hydrogen) atoms. The molecular formula is C15H16N4O2. The normalized spacial score (nSPS) is 14.2. The Balaban J connectivity index is 1.78. The van der Waals surface area contributed by atoms with E-state index < -0.39 is 0 Å². The number of H-pyrrole nitrogens is 1. The van der Waals surface area contributed by atoms with Crippen LogP contribution in [0.25, 0.3) is 0 Å². The summed E-state index contributed by atoms with van der Waals surface area (Å²) in [5.41, 5.74) is 1.06. The van der Waals surface area contributed by atoms with Crippen molar-refractivity contribution in [1.29, 1.82) is 0 Å². The number of likely N-dealkylation sites (tertiary alicyclic amines) is 1. The molecule has 3 rings (SSSR count). The van der Waals surface area contributed by atoms with Crippen molar-refractivity contribution >= 4 is 17.5 Å². The molecule has 2 aromatic rings. The smallest absolute Gasteiger partial charge is 0.276 e. The summed E-state index contributed by atoms with van der Waals surface area (Å²) in [6.07, 6.45) is 3.39. The number of para-hydroxylation sites is 1. The molecule has 6 heteroatoms. The summed E-state index contributed by atoms with van der Waals surface area (Å²) in [7, 11) is 0. The van der Waals surface area contributed by atoms with Gasteiger partial charge in [0.05, 0.1) is 6.33 Å². The molecule has 1 saturated heterocycles. The van der Waals surface area contributed by atoms with Crippen molar-refractivity contribution in [2.24, 2.45) is 0 Å². The number of nitrogens with one attached hydrogen (secondary N) is 2. The van der Waals surface area contributed by atoms with Crippen LogP contribution in [-0.2, 0) is 0 Å².